The second-order valence-electron chi connectivity index (χ2n) is 14.0. The van der Waals surface area contributed by atoms with Crippen molar-refractivity contribution in [3.05, 3.63) is 85.9 Å². The molecule has 8 nitrogen and oxygen atoms in total. The molecule has 3 fully saturated rings. The molecule has 2 N–H and O–H groups in total. The molecule has 7 rings (SSSR count). The van der Waals surface area contributed by atoms with Crippen molar-refractivity contribution in [2.45, 2.75) is 71.9 Å². The van der Waals surface area contributed by atoms with Gasteiger partial charge in [-0.2, -0.15) is 0 Å². The lowest BCUT2D eigenvalue weighted by Crippen LogP contribution is -2.38. The van der Waals surface area contributed by atoms with E-state index in [0.717, 1.165) is 101 Å². The number of piperidine rings is 1. The predicted molar refractivity (Wildman–Crippen MR) is 188 cm³/mol. The van der Waals surface area contributed by atoms with E-state index in [-0.39, 0.29) is 24.4 Å². The molecule has 2 amide bonds. The number of aromatic nitrogens is 3. The molecule has 0 bridgehead atoms. The molecule has 4 aromatic rings. The van der Waals surface area contributed by atoms with Crippen LogP contribution in [0.15, 0.2) is 36.4 Å². The average Bonchev–Trinajstić information content (AvgIpc) is 3.54. The fraction of sp³-hybridized carbons (Fsp3) is 0.459. The van der Waals surface area contributed by atoms with E-state index in [9.17, 15) is 9.59 Å². The number of anilines is 1. The summed E-state index contributed by atoms with van der Waals surface area (Å²) in [6, 6.07) is 11.6. The zero-order valence-corrected chi connectivity index (χ0v) is 29.0. The topological polar surface area (TPSA) is 92.1 Å². The number of fused-ring (bicyclic) bond motifs is 2. The van der Waals surface area contributed by atoms with E-state index < -0.39 is 0 Å². The minimum atomic E-state index is -0.264. The van der Waals surface area contributed by atoms with E-state index in [1.807, 2.05) is 45.2 Å². The predicted octanol–water partition coefficient (Wildman–Crippen LogP) is 7.18. The molecule has 2 unspecified atom stereocenters. The van der Waals surface area contributed by atoms with Gasteiger partial charge in [0, 0.05) is 49.9 Å². The Morgan fingerprint density at radius 1 is 0.957 bits per heavy atom. The zero-order chi connectivity index (χ0) is 33.0. The van der Waals surface area contributed by atoms with Crippen molar-refractivity contribution in [1.82, 2.24) is 25.2 Å². The van der Waals surface area contributed by atoms with E-state index in [4.69, 9.17) is 28.2 Å². The van der Waals surface area contributed by atoms with E-state index in [1.165, 1.54) is 6.42 Å². The van der Waals surface area contributed by atoms with Crippen LogP contribution >= 0.6 is 23.2 Å². The first-order valence-corrected chi connectivity index (χ1v) is 17.5. The summed E-state index contributed by atoms with van der Waals surface area (Å²) in [5.41, 5.74) is 7.16. The van der Waals surface area contributed by atoms with Gasteiger partial charge in [0.25, 0.3) is 11.8 Å². The van der Waals surface area contributed by atoms with Gasteiger partial charge in [-0.1, -0.05) is 42.3 Å². The number of imidazole rings is 1. The first-order valence-electron chi connectivity index (χ1n) is 16.8. The third-order valence-electron chi connectivity index (χ3n) is 10.6. The number of aryl methyl sites for hydroxylation is 3. The second-order valence-corrected chi connectivity index (χ2v) is 14.8. The largest absolute Gasteiger partial charge is 0.370 e. The Bertz CT molecular complexity index is 1870. The number of carbonyl (C=O) groups is 2. The number of benzene rings is 2. The monoisotopic (exact) mass is 672 g/mol. The van der Waals surface area contributed by atoms with Gasteiger partial charge in [-0.15, -0.1) is 0 Å². The highest BCUT2D eigenvalue weighted by atomic mass is 35.5. The van der Waals surface area contributed by atoms with Gasteiger partial charge in [0.2, 0.25) is 0 Å². The Labute approximate surface area is 286 Å². The van der Waals surface area contributed by atoms with Crippen LogP contribution in [-0.4, -0.2) is 45.5 Å². The quantitative estimate of drug-likeness (QED) is 0.207. The molecule has 3 aliphatic rings. The molecule has 47 heavy (non-hydrogen) atoms. The summed E-state index contributed by atoms with van der Waals surface area (Å²) >= 11 is 13.7. The number of pyridine rings is 1. The minimum absolute atomic E-state index is 0.00827. The smallest absolute Gasteiger partial charge is 0.270 e. The molecule has 2 aromatic carbocycles. The van der Waals surface area contributed by atoms with Gasteiger partial charge in [-0.05, 0) is 105 Å². The van der Waals surface area contributed by atoms with Crippen LogP contribution in [0.1, 0.15) is 88.1 Å². The summed E-state index contributed by atoms with van der Waals surface area (Å²) in [6.45, 7) is 8.37. The Kier molecular flexibility index (Phi) is 8.68. The van der Waals surface area contributed by atoms with Crippen LogP contribution in [0.5, 0.6) is 0 Å². The van der Waals surface area contributed by atoms with Gasteiger partial charge in [0.15, 0.2) is 0 Å². The number of halogens is 2. The Hall–Kier alpha value is -3.62. The van der Waals surface area contributed by atoms with Gasteiger partial charge in [-0.25, -0.2) is 9.97 Å². The highest BCUT2D eigenvalue weighted by Crippen LogP contribution is 2.47. The molecule has 2 aliphatic carbocycles. The molecule has 2 aromatic heterocycles. The van der Waals surface area contributed by atoms with Gasteiger partial charge < -0.3 is 20.1 Å². The Balaban J connectivity index is 1.15. The molecule has 1 aliphatic heterocycles. The van der Waals surface area contributed by atoms with Crippen LogP contribution in [0.25, 0.3) is 11.0 Å². The summed E-state index contributed by atoms with van der Waals surface area (Å²) < 4.78 is 2.08. The molecule has 0 spiro atoms. The highest BCUT2D eigenvalue weighted by Gasteiger charge is 2.46. The van der Waals surface area contributed by atoms with Crippen molar-refractivity contribution in [1.29, 1.82) is 0 Å². The van der Waals surface area contributed by atoms with E-state index in [1.54, 1.807) is 6.07 Å². The number of amides is 2. The normalized spacial score (nSPS) is 22.0. The first kappa shape index (κ1) is 32.0. The number of nitrogens with one attached hydrogen (secondary N) is 2. The fourth-order valence-electron chi connectivity index (χ4n) is 7.27. The summed E-state index contributed by atoms with van der Waals surface area (Å²) in [6.07, 6.45) is 6.05. The molecule has 246 valence electrons. The minimum Gasteiger partial charge on any atom is -0.370 e. The summed E-state index contributed by atoms with van der Waals surface area (Å²) in [5.74, 6) is 2.72. The van der Waals surface area contributed by atoms with Crippen LogP contribution in [0.2, 0.25) is 10.0 Å². The molecule has 1 saturated heterocycles. The zero-order valence-electron chi connectivity index (χ0n) is 27.5. The third kappa shape index (κ3) is 6.47. The van der Waals surface area contributed by atoms with Gasteiger partial charge >= 0.3 is 0 Å². The fourth-order valence-corrected chi connectivity index (χ4v) is 7.84. The number of nitrogens with zero attached hydrogens (tertiary/aromatic N) is 4. The van der Waals surface area contributed by atoms with E-state index in [0.29, 0.717) is 27.7 Å². The lowest BCUT2D eigenvalue weighted by atomic mass is 9.87. The maximum Gasteiger partial charge on any atom is 0.270 e. The molecule has 0 radical (unpaired) electrons. The van der Waals surface area contributed by atoms with Gasteiger partial charge in [-0.3, -0.25) is 9.59 Å². The second kappa shape index (κ2) is 12.8. The van der Waals surface area contributed by atoms with Gasteiger partial charge in [0.05, 0.1) is 27.3 Å². The van der Waals surface area contributed by atoms with Crippen molar-refractivity contribution in [2.24, 2.45) is 24.8 Å². The maximum absolute atomic E-state index is 13.8. The van der Waals surface area contributed by atoms with Crippen molar-refractivity contribution < 1.29 is 9.59 Å². The van der Waals surface area contributed by atoms with E-state index >= 15 is 0 Å². The maximum atomic E-state index is 13.8. The summed E-state index contributed by atoms with van der Waals surface area (Å²) in [5, 5.41) is 7.33. The SMILES string of the molecule is Cc1ccc(C(=O)NCc2ccc(Cl)c(Cc3nc4cc(C(=O)NC5CCC(C)CC5)c(N5CC6CC6C5)cc4n3C)c2Cl)nc1C. The molecule has 3 heterocycles. The van der Waals surface area contributed by atoms with Crippen LogP contribution < -0.4 is 15.5 Å². The number of hydrogen-bond donors (Lipinski definition) is 2. The van der Waals surface area contributed by atoms with Crippen molar-refractivity contribution in [3.8, 4) is 0 Å². The van der Waals surface area contributed by atoms with Crippen LogP contribution in [-0.2, 0) is 20.0 Å². The Morgan fingerprint density at radius 2 is 1.70 bits per heavy atom. The number of hydrogen-bond acceptors (Lipinski definition) is 5. The lowest BCUT2D eigenvalue weighted by molar-refractivity contribution is 0.0921. The molecular formula is C37H42Cl2N6O2. The van der Waals surface area contributed by atoms with Crippen LogP contribution in [0, 0.1) is 31.6 Å². The van der Waals surface area contributed by atoms with E-state index in [2.05, 4.69) is 38.1 Å². The molecule has 2 atom stereocenters. The third-order valence-corrected chi connectivity index (χ3v) is 11.5. The van der Waals surface area contributed by atoms with Crippen LogP contribution in [0.4, 0.5) is 5.69 Å². The summed E-state index contributed by atoms with van der Waals surface area (Å²) in [7, 11) is 2.00. The van der Waals surface area contributed by atoms with Crippen molar-refractivity contribution in [3.63, 3.8) is 0 Å². The van der Waals surface area contributed by atoms with Crippen LogP contribution in [0.3, 0.4) is 0 Å². The average molecular weight is 674 g/mol. The number of carbonyl (C=O) groups excluding carboxylic acids is 2. The Morgan fingerprint density at radius 3 is 2.43 bits per heavy atom. The molecule has 2 saturated carbocycles. The molecular weight excluding hydrogens is 631 g/mol. The lowest BCUT2D eigenvalue weighted by Gasteiger charge is -2.28. The highest BCUT2D eigenvalue weighted by molar-refractivity contribution is 6.36. The van der Waals surface area contributed by atoms with Gasteiger partial charge in [0.1, 0.15) is 11.5 Å². The van der Waals surface area contributed by atoms with Crippen molar-refractivity contribution in [2.75, 3.05) is 18.0 Å². The molecule has 10 heteroatoms. The first-order chi connectivity index (χ1) is 22.5. The summed E-state index contributed by atoms with van der Waals surface area (Å²) in [4.78, 5) is 38.4. The van der Waals surface area contributed by atoms with Crippen molar-refractivity contribution >= 4 is 51.7 Å². The standard InChI is InChI=1S/C37H42Cl2N6O2/c1-20-5-9-26(10-6-20)42-36(46)28-14-31-33(16-32(28)45-18-24-13-25(24)19-45)44(4)34(43-31)15-27-29(38)11-8-23(35(27)39)17-40-37(47)30-12-7-21(2)22(3)41-30/h7-8,11-12,14,16,20,24-26H,5-6,9-10,13,15,17-19H2,1-4H3,(H,40,47)(H,42,46). The number of rotatable bonds is 8.